The minimum absolute atomic E-state index is 0.0493. The molecule has 0 spiro atoms. The van der Waals surface area contributed by atoms with E-state index in [0.717, 1.165) is 24.0 Å². The van der Waals surface area contributed by atoms with E-state index >= 15 is 0 Å². The van der Waals surface area contributed by atoms with E-state index in [9.17, 15) is 0 Å². The molecule has 0 aliphatic heterocycles. The maximum Gasteiger partial charge on any atom is 0.0696 e. The molecule has 84 valence electrons. The number of aromatic nitrogens is 3. The van der Waals surface area contributed by atoms with Gasteiger partial charge < -0.3 is 5.11 Å². The average Bonchev–Trinajstić information content (AvgIpc) is 2.73. The molecule has 0 unspecified atom stereocenters. The zero-order valence-corrected chi connectivity index (χ0v) is 9.30. The predicted octanol–water partition coefficient (Wildman–Crippen LogP) is 1.09. The Morgan fingerprint density at radius 2 is 1.88 bits per heavy atom. The van der Waals surface area contributed by atoms with E-state index in [1.807, 2.05) is 31.7 Å². The smallest absolute Gasteiger partial charge is 0.0696 e. The molecule has 2 rings (SSSR count). The molecule has 4 nitrogen and oxygen atoms in total. The van der Waals surface area contributed by atoms with Crippen molar-refractivity contribution in [2.24, 2.45) is 7.05 Å². The van der Waals surface area contributed by atoms with Crippen molar-refractivity contribution in [1.82, 2.24) is 14.8 Å². The molecule has 0 saturated heterocycles. The van der Waals surface area contributed by atoms with Gasteiger partial charge in [0.15, 0.2) is 0 Å². The van der Waals surface area contributed by atoms with Crippen molar-refractivity contribution < 1.29 is 5.11 Å². The largest absolute Gasteiger partial charge is 0.392 e. The van der Waals surface area contributed by atoms with E-state index in [1.54, 1.807) is 10.9 Å². The number of hydrogen-bond donors (Lipinski definition) is 1. The molecule has 0 saturated carbocycles. The Morgan fingerprint density at radius 3 is 2.56 bits per heavy atom. The van der Waals surface area contributed by atoms with Crippen molar-refractivity contribution in [1.29, 1.82) is 0 Å². The van der Waals surface area contributed by atoms with Crippen molar-refractivity contribution in [3.8, 4) is 0 Å². The maximum atomic E-state index is 9.00. The van der Waals surface area contributed by atoms with Crippen LogP contribution in [0.5, 0.6) is 0 Å². The molecule has 2 aromatic heterocycles. The lowest BCUT2D eigenvalue weighted by atomic mass is 10.1. The van der Waals surface area contributed by atoms with Gasteiger partial charge in [-0.2, -0.15) is 5.10 Å². The van der Waals surface area contributed by atoms with Crippen molar-refractivity contribution in [3.05, 3.63) is 47.5 Å². The van der Waals surface area contributed by atoms with Crippen LogP contribution in [-0.4, -0.2) is 19.9 Å². The first-order chi connectivity index (χ1) is 7.78. The predicted molar refractivity (Wildman–Crippen MR) is 60.8 cm³/mol. The Bertz CT molecular complexity index is 465. The Balaban J connectivity index is 1.99. The lowest BCUT2D eigenvalue weighted by Gasteiger charge is -2.01. The molecule has 16 heavy (non-hydrogen) atoms. The summed E-state index contributed by atoms with van der Waals surface area (Å²) in [6.07, 6.45) is 9.30. The second-order valence-corrected chi connectivity index (χ2v) is 3.88. The minimum atomic E-state index is 0.0493. The van der Waals surface area contributed by atoms with Gasteiger partial charge in [-0.25, -0.2) is 0 Å². The third kappa shape index (κ3) is 2.67. The van der Waals surface area contributed by atoms with Crippen LogP contribution in [0.4, 0.5) is 0 Å². The van der Waals surface area contributed by atoms with Crippen LogP contribution in [0.1, 0.15) is 16.7 Å². The number of pyridine rings is 1. The molecule has 0 amide bonds. The second-order valence-electron chi connectivity index (χ2n) is 3.88. The normalized spacial score (nSPS) is 10.6. The zero-order chi connectivity index (χ0) is 11.4. The van der Waals surface area contributed by atoms with Crippen molar-refractivity contribution in [2.45, 2.75) is 19.4 Å². The van der Waals surface area contributed by atoms with Crippen molar-refractivity contribution in [2.75, 3.05) is 0 Å². The molecule has 0 aromatic carbocycles. The number of aliphatic hydroxyl groups is 1. The summed E-state index contributed by atoms with van der Waals surface area (Å²) in [4.78, 5) is 4.09. The highest BCUT2D eigenvalue weighted by molar-refractivity contribution is 5.19. The van der Waals surface area contributed by atoms with Gasteiger partial charge in [0.1, 0.15) is 0 Å². The Kier molecular flexibility index (Phi) is 3.31. The van der Waals surface area contributed by atoms with Gasteiger partial charge in [-0.1, -0.05) is 6.07 Å². The Morgan fingerprint density at radius 1 is 1.12 bits per heavy atom. The molecule has 2 heterocycles. The summed E-state index contributed by atoms with van der Waals surface area (Å²) in [6, 6.07) is 1.99. The number of aliphatic hydroxyl groups excluding tert-OH is 1. The van der Waals surface area contributed by atoms with Crippen molar-refractivity contribution in [3.63, 3.8) is 0 Å². The monoisotopic (exact) mass is 217 g/mol. The molecule has 0 atom stereocenters. The quantitative estimate of drug-likeness (QED) is 0.834. The third-order valence-electron chi connectivity index (χ3n) is 2.49. The molecule has 1 N–H and O–H groups in total. The Labute approximate surface area is 94.6 Å². The fourth-order valence-electron chi connectivity index (χ4n) is 1.65. The Hall–Kier alpha value is -1.68. The van der Waals surface area contributed by atoms with E-state index in [0.29, 0.717) is 0 Å². The topological polar surface area (TPSA) is 50.9 Å². The summed E-state index contributed by atoms with van der Waals surface area (Å²) in [5.74, 6) is 0. The van der Waals surface area contributed by atoms with E-state index in [-0.39, 0.29) is 6.61 Å². The molecular weight excluding hydrogens is 202 g/mol. The van der Waals surface area contributed by atoms with Crippen LogP contribution >= 0.6 is 0 Å². The minimum Gasteiger partial charge on any atom is -0.392 e. The highest BCUT2D eigenvalue weighted by Gasteiger charge is 1.99. The number of hydrogen-bond acceptors (Lipinski definition) is 3. The fourth-order valence-corrected chi connectivity index (χ4v) is 1.65. The molecule has 0 bridgehead atoms. The number of rotatable bonds is 4. The summed E-state index contributed by atoms with van der Waals surface area (Å²) in [6.45, 7) is 0.0493. The molecule has 2 aromatic rings. The molecular formula is C12H15N3O. The molecule has 4 heteroatoms. The van der Waals surface area contributed by atoms with Crippen LogP contribution < -0.4 is 0 Å². The van der Waals surface area contributed by atoms with Gasteiger partial charge in [-0.15, -0.1) is 0 Å². The maximum absolute atomic E-state index is 9.00. The van der Waals surface area contributed by atoms with E-state index in [4.69, 9.17) is 5.11 Å². The van der Waals surface area contributed by atoms with Crippen LogP contribution in [0.3, 0.4) is 0 Å². The van der Waals surface area contributed by atoms with Crippen LogP contribution in [0, 0.1) is 0 Å². The zero-order valence-electron chi connectivity index (χ0n) is 9.30. The van der Waals surface area contributed by atoms with Gasteiger partial charge in [-0.05, 0) is 29.5 Å². The van der Waals surface area contributed by atoms with Gasteiger partial charge in [0.05, 0.1) is 12.8 Å². The highest BCUT2D eigenvalue weighted by atomic mass is 16.3. The van der Waals surface area contributed by atoms with E-state index in [2.05, 4.69) is 10.1 Å². The van der Waals surface area contributed by atoms with Gasteiger partial charge in [0.2, 0.25) is 0 Å². The molecule has 0 aliphatic rings. The summed E-state index contributed by atoms with van der Waals surface area (Å²) < 4.78 is 1.80. The summed E-state index contributed by atoms with van der Waals surface area (Å²) in [5.41, 5.74) is 3.23. The first-order valence-corrected chi connectivity index (χ1v) is 5.29. The number of aryl methyl sites for hydroxylation is 3. The summed E-state index contributed by atoms with van der Waals surface area (Å²) in [7, 11) is 1.91. The lowest BCUT2D eigenvalue weighted by molar-refractivity contribution is 0.281. The van der Waals surface area contributed by atoms with Gasteiger partial charge in [0, 0.05) is 25.6 Å². The van der Waals surface area contributed by atoms with Crippen LogP contribution in [-0.2, 0) is 26.5 Å². The average molecular weight is 217 g/mol. The molecule has 0 radical (unpaired) electrons. The van der Waals surface area contributed by atoms with Gasteiger partial charge in [0.25, 0.3) is 0 Å². The van der Waals surface area contributed by atoms with Crippen LogP contribution in [0.2, 0.25) is 0 Å². The first-order valence-electron chi connectivity index (χ1n) is 5.29. The van der Waals surface area contributed by atoms with Crippen molar-refractivity contribution >= 4 is 0 Å². The van der Waals surface area contributed by atoms with Crippen LogP contribution in [0.25, 0.3) is 0 Å². The van der Waals surface area contributed by atoms with E-state index < -0.39 is 0 Å². The third-order valence-corrected chi connectivity index (χ3v) is 2.49. The molecule has 0 aliphatic carbocycles. The highest BCUT2D eigenvalue weighted by Crippen LogP contribution is 2.07. The fraction of sp³-hybridized carbons (Fsp3) is 0.333. The van der Waals surface area contributed by atoms with Gasteiger partial charge >= 0.3 is 0 Å². The van der Waals surface area contributed by atoms with E-state index in [1.165, 1.54) is 5.56 Å². The lowest BCUT2D eigenvalue weighted by Crippen LogP contribution is -1.94. The summed E-state index contributed by atoms with van der Waals surface area (Å²) in [5, 5.41) is 13.1. The second kappa shape index (κ2) is 4.90. The molecule has 0 fully saturated rings. The SMILES string of the molecule is Cn1cc(CCc2cncc(CO)c2)cn1. The number of nitrogens with zero attached hydrogens (tertiary/aromatic N) is 3. The summed E-state index contributed by atoms with van der Waals surface area (Å²) >= 11 is 0. The standard InChI is InChI=1S/C12H15N3O/c1-15-8-11(7-14-15)3-2-10-4-12(9-16)6-13-5-10/h4-8,16H,2-3,9H2,1H3. The van der Waals surface area contributed by atoms with Crippen LogP contribution in [0.15, 0.2) is 30.9 Å². The first kappa shape index (κ1) is 10.8. The van der Waals surface area contributed by atoms with Gasteiger partial charge in [-0.3, -0.25) is 9.67 Å².